The van der Waals surface area contributed by atoms with Gasteiger partial charge in [0.05, 0.1) is 24.4 Å². The molecule has 25 heavy (non-hydrogen) atoms. The van der Waals surface area contributed by atoms with Crippen LogP contribution in [0.3, 0.4) is 0 Å². The van der Waals surface area contributed by atoms with E-state index in [1.807, 2.05) is 4.90 Å². The van der Waals surface area contributed by atoms with Crippen molar-refractivity contribution in [1.29, 1.82) is 0 Å². The third-order valence-electron chi connectivity index (χ3n) is 6.02. The van der Waals surface area contributed by atoms with Crippen molar-refractivity contribution in [3.63, 3.8) is 0 Å². The highest BCUT2D eigenvalue weighted by atomic mass is 16.5. The van der Waals surface area contributed by atoms with E-state index in [0.29, 0.717) is 44.1 Å². The summed E-state index contributed by atoms with van der Waals surface area (Å²) in [6.07, 6.45) is 7.51. The Labute approximate surface area is 147 Å². The van der Waals surface area contributed by atoms with Crippen LogP contribution in [-0.2, 0) is 4.74 Å². The number of piperidine rings is 1. The number of likely N-dealkylation sites (tertiary alicyclic amines) is 1. The summed E-state index contributed by atoms with van der Waals surface area (Å²) in [6, 6.07) is 0. The third kappa shape index (κ3) is 3.05. The molecule has 3 fully saturated rings. The van der Waals surface area contributed by atoms with E-state index in [1.165, 1.54) is 0 Å². The first kappa shape index (κ1) is 16.9. The maximum absolute atomic E-state index is 12.7. The molecule has 0 aromatic carbocycles. The van der Waals surface area contributed by atoms with Crippen LogP contribution in [0.15, 0.2) is 12.4 Å². The number of aliphatic hydroxyl groups is 1. The lowest BCUT2D eigenvalue weighted by Gasteiger charge is -2.56. The lowest BCUT2D eigenvalue weighted by molar-refractivity contribution is -0.207. The van der Waals surface area contributed by atoms with Gasteiger partial charge in [0, 0.05) is 49.8 Å². The van der Waals surface area contributed by atoms with E-state index in [1.54, 1.807) is 12.4 Å². The molecule has 1 saturated heterocycles. The fourth-order valence-electron chi connectivity index (χ4n) is 4.14. The van der Waals surface area contributed by atoms with Crippen LogP contribution >= 0.6 is 0 Å². The van der Waals surface area contributed by atoms with Crippen LogP contribution in [0.1, 0.15) is 54.2 Å². The van der Waals surface area contributed by atoms with Gasteiger partial charge in [-0.15, -0.1) is 0 Å². The van der Waals surface area contributed by atoms with Crippen LogP contribution < -0.4 is 5.73 Å². The van der Waals surface area contributed by atoms with E-state index in [9.17, 15) is 9.90 Å². The first-order valence-electron chi connectivity index (χ1n) is 9.25. The van der Waals surface area contributed by atoms with Gasteiger partial charge in [-0.3, -0.25) is 4.79 Å². The fraction of sp³-hybridized carbons (Fsp3) is 0.722. The predicted molar refractivity (Wildman–Crippen MR) is 91.0 cm³/mol. The third-order valence-corrected chi connectivity index (χ3v) is 6.02. The number of hydrogen-bond donors (Lipinski definition) is 2. The summed E-state index contributed by atoms with van der Waals surface area (Å²) in [5, 5.41) is 10.3. The van der Waals surface area contributed by atoms with E-state index >= 15 is 0 Å². The number of rotatable bonds is 5. The molecule has 2 atom stereocenters. The van der Waals surface area contributed by atoms with Gasteiger partial charge < -0.3 is 20.5 Å². The van der Waals surface area contributed by atoms with Crippen LogP contribution in [-0.4, -0.2) is 64.3 Å². The first-order valence-corrected chi connectivity index (χ1v) is 9.25. The van der Waals surface area contributed by atoms with Crippen molar-refractivity contribution < 1.29 is 14.6 Å². The summed E-state index contributed by atoms with van der Waals surface area (Å²) < 4.78 is 5.80. The molecule has 1 aliphatic heterocycles. The molecule has 1 spiro atoms. The van der Waals surface area contributed by atoms with Crippen molar-refractivity contribution in [2.24, 2.45) is 11.1 Å². The highest BCUT2D eigenvalue weighted by molar-refractivity contribution is 5.93. The van der Waals surface area contributed by atoms with Crippen molar-refractivity contribution in [3.8, 4) is 0 Å². The van der Waals surface area contributed by atoms with Crippen molar-refractivity contribution in [3.05, 3.63) is 23.8 Å². The number of nitrogens with two attached hydrogens (primary N) is 1. The average Bonchev–Trinajstić information content (AvgIpc) is 3.50. The quantitative estimate of drug-likeness (QED) is 0.813. The molecule has 0 unspecified atom stereocenters. The minimum absolute atomic E-state index is 0.0227. The van der Waals surface area contributed by atoms with E-state index in [2.05, 4.69) is 9.97 Å². The van der Waals surface area contributed by atoms with Crippen LogP contribution in [0.5, 0.6) is 0 Å². The maximum atomic E-state index is 12.7. The zero-order valence-corrected chi connectivity index (χ0v) is 14.4. The van der Waals surface area contributed by atoms with Gasteiger partial charge in [0.2, 0.25) is 0 Å². The molecule has 1 aromatic heterocycles. The summed E-state index contributed by atoms with van der Waals surface area (Å²) in [5.41, 5.74) is 5.85. The molecule has 1 amide bonds. The second-order valence-electron chi connectivity index (χ2n) is 7.53. The summed E-state index contributed by atoms with van der Waals surface area (Å²) in [7, 11) is 0. The Bertz CT molecular complexity index is 624. The monoisotopic (exact) mass is 346 g/mol. The Morgan fingerprint density at radius 2 is 2.00 bits per heavy atom. The zero-order valence-electron chi connectivity index (χ0n) is 14.4. The van der Waals surface area contributed by atoms with Gasteiger partial charge in [-0.1, -0.05) is 0 Å². The van der Waals surface area contributed by atoms with Gasteiger partial charge in [0.15, 0.2) is 0 Å². The largest absolute Gasteiger partial charge is 0.392 e. The lowest BCUT2D eigenvalue weighted by atomic mass is 9.58. The van der Waals surface area contributed by atoms with E-state index in [4.69, 9.17) is 10.5 Å². The van der Waals surface area contributed by atoms with Gasteiger partial charge in [0.25, 0.3) is 5.91 Å². The molecule has 2 saturated carbocycles. The molecule has 0 radical (unpaired) electrons. The average molecular weight is 346 g/mol. The standard InChI is InChI=1S/C18H26N4O3/c19-5-8-25-15-9-14(23)18(15)3-6-22(7-4-18)17(24)13-10-20-16(21-11-13)12-1-2-12/h10-12,14-15,23H,1-9,19H2/t14-,15+/m1/s1. The van der Waals surface area contributed by atoms with Crippen molar-refractivity contribution in [2.45, 2.75) is 50.2 Å². The molecular weight excluding hydrogens is 320 g/mol. The van der Waals surface area contributed by atoms with Crippen molar-refractivity contribution >= 4 is 5.91 Å². The number of aliphatic hydroxyl groups excluding tert-OH is 1. The Morgan fingerprint density at radius 1 is 1.32 bits per heavy atom. The number of carbonyl (C=O) groups is 1. The van der Waals surface area contributed by atoms with Gasteiger partial charge in [0.1, 0.15) is 5.82 Å². The molecule has 2 heterocycles. The number of hydrogen-bond acceptors (Lipinski definition) is 6. The molecule has 3 aliphatic rings. The molecule has 2 aliphatic carbocycles. The van der Waals surface area contributed by atoms with E-state index in [-0.39, 0.29) is 23.5 Å². The summed E-state index contributed by atoms with van der Waals surface area (Å²) in [6.45, 7) is 2.27. The first-order chi connectivity index (χ1) is 12.1. The molecular formula is C18H26N4O3. The van der Waals surface area contributed by atoms with Crippen LogP contribution in [0.2, 0.25) is 0 Å². The molecule has 1 aromatic rings. The predicted octanol–water partition coefficient (Wildman–Crippen LogP) is 0.685. The summed E-state index contributed by atoms with van der Waals surface area (Å²) in [4.78, 5) is 23.2. The van der Waals surface area contributed by atoms with Crippen molar-refractivity contribution in [2.75, 3.05) is 26.2 Å². The number of nitrogens with zero attached hydrogens (tertiary/aromatic N) is 3. The molecule has 136 valence electrons. The smallest absolute Gasteiger partial charge is 0.256 e. The SMILES string of the molecule is NCCO[C@H]1C[C@@H](O)C12CCN(C(=O)c1cnc(C3CC3)nc1)CC2. The molecule has 7 nitrogen and oxygen atoms in total. The highest BCUT2D eigenvalue weighted by Crippen LogP contribution is 2.51. The molecule has 3 N–H and O–H groups in total. The fourth-order valence-corrected chi connectivity index (χ4v) is 4.14. The lowest BCUT2D eigenvalue weighted by Crippen LogP contribution is -2.62. The number of ether oxygens (including phenoxy) is 1. The van der Waals surface area contributed by atoms with Crippen LogP contribution in [0.4, 0.5) is 0 Å². The minimum Gasteiger partial charge on any atom is -0.392 e. The minimum atomic E-state index is -0.339. The molecule has 4 rings (SSSR count). The topological polar surface area (TPSA) is 102 Å². The summed E-state index contributed by atoms with van der Waals surface area (Å²) >= 11 is 0. The van der Waals surface area contributed by atoms with E-state index in [0.717, 1.165) is 31.5 Å². The molecule has 7 heteroatoms. The maximum Gasteiger partial charge on any atom is 0.256 e. The second kappa shape index (κ2) is 6.63. The number of amides is 1. The Morgan fingerprint density at radius 3 is 2.56 bits per heavy atom. The van der Waals surface area contributed by atoms with Crippen molar-refractivity contribution in [1.82, 2.24) is 14.9 Å². The Kier molecular flexibility index (Phi) is 4.47. The second-order valence-corrected chi connectivity index (χ2v) is 7.53. The van der Waals surface area contributed by atoms with E-state index < -0.39 is 0 Å². The Balaban J connectivity index is 1.36. The van der Waals surface area contributed by atoms with Gasteiger partial charge in [-0.05, 0) is 25.7 Å². The van der Waals surface area contributed by atoms with Gasteiger partial charge >= 0.3 is 0 Å². The zero-order chi connectivity index (χ0) is 17.4. The van der Waals surface area contributed by atoms with Gasteiger partial charge in [-0.25, -0.2) is 9.97 Å². The number of carbonyl (C=O) groups excluding carboxylic acids is 1. The normalized spacial score (nSPS) is 28.0. The van der Waals surface area contributed by atoms with Crippen LogP contribution in [0.25, 0.3) is 0 Å². The highest BCUT2D eigenvalue weighted by Gasteiger charge is 2.56. The van der Waals surface area contributed by atoms with Crippen LogP contribution in [0, 0.1) is 5.41 Å². The number of aromatic nitrogens is 2. The summed E-state index contributed by atoms with van der Waals surface area (Å²) in [5.74, 6) is 1.32. The van der Waals surface area contributed by atoms with Gasteiger partial charge in [-0.2, -0.15) is 0 Å². The molecule has 0 bridgehead atoms. The Hall–Kier alpha value is -1.57.